The van der Waals surface area contributed by atoms with E-state index >= 15 is 0 Å². The molecule has 2 aromatic carbocycles. The smallest absolute Gasteiger partial charge is 0.270 e. The molecule has 0 aliphatic carbocycles. The molecule has 3 rings (SSSR count). The van der Waals surface area contributed by atoms with E-state index in [-0.39, 0.29) is 28.3 Å². The lowest BCUT2D eigenvalue weighted by Gasteiger charge is -2.34. The highest BCUT2D eigenvalue weighted by Gasteiger charge is 2.23. The second-order valence-electron chi connectivity index (χ2n) is 8.28. The summed E-state index contributed by atoms with van der Waals surface area (Å²) in [4.78, 5) is 38.1. The van der Waals surface area contributed by atoms with Crippen LogP contribution in [-0.4, -0.2) is 60.5 Å². The van der Waals surface area contributed by atoms with Crippen molar-refractivity contribution in [3.63, 3.8) is 0 Å². The maximum absolute atomic E-state index is 12.8. The van der Waals surface area contributed by atoms with Crippen LogP contribution in [0, 0.1) is 16.0 Å². The van der Waals surface area contributed by atoms with Crippen LogP contribution in [0.1, 0.15) is 34.6 Å². The fourth-order valence-electron chi connectivity index (χ4n) is 3.67. The first-order valence-corrected chi connectivity index (χ1v) is 11.1. The van der Waals surface area contributed by atoms with Crippen molar-refractivity contribution < 1.29 is 19.2 Å². The quantitative estimate of drug-likeness (QED) is 0.446. The van der Waals surface area contributed by atoms with Gasteiger partial charge in [-0.2, -0.15) is 0 Å². The molecule has 0 saturated carbocycles. The van der Waals surface area contributed by atoms with E-state index < -0.39 is 10.8 Å². The maximum Gasteiger partial charge on any atom is 0.270 e. The number of hydrogen-bond acceptors (Lipinski definition) is 6. The molecule has 0 spiro atoms. The number of hydrogen-bond donors (Lipinski definition) is 2. The third-order valence-corrected chi connectivity index (χ3v) is 5.48. The molecule has 0 aromatic heterocycles. The van der Waals surface area contributed by atoms with Crippen molar-refractivity contribution in [2.24, 2.45) is 5.92 Å². The number of halogens is 1. The fourth-order valence-corrected chi connectivity index (χ4v) is 3.93. The molecule has 9 nitrogen and oxygen atoms in total. The maximum atomic E-state index is 12.8. The number of benzene rings is 2. The highest BCUT2D eigenvalue weighted by molar-refractivity contribution is 6.34. The zero-order valence-corrected chi connectivity index (χ0v) is 19.3. The Bertz CT molecular complexity index is 1030. The van der Waals surface area contributed by atoms with Gasteiger partial charge in [0.2, 0.25) is 0 Å². The molecular formula is C23H27ClN4O5. The first-order valence-electron chi connectivity index (χ1n) is 10.7. The van der Waals surface area contributed by atoms with Gasteiger partial charge in [-0.15, -0.1) is 0 Å². The number of carbonyl (C=O) groups excluding carboxylic acids is 2. The van der Waals surface area contributed by atoms with E-state index in [1.54, 1.807) is 24.3 Å². The summed E-state index contributed by atoms with van der Waals surface area (Å²) in [6, 6.07) is 10.2. The van der Waals surface area contributed by atoms with Gasteiger partial charge in [-0.25, -0.2) is 0 Å². The van der Waals surface area contributed by atoms with Crippen LogP contribution in [0.15, 0.2) is 42.5 Å². The van der Waals surface area contributed by atoms with Gasteiger partial charge in [-0.3, -0.25) is 24.6 Å². The van der Waals surface area contributed by atoms with E-state index in [1.807, 2.05) is 0 Å². The summed E-state index contributed by atoms with van der Waals surface area (Å²) >= 11 is 6.05. The van der Waals surface area contributed by atoms with Gasteiger partial charge in [0, 0.05) is 38.3 Å². The van der Waals surface area contributed by atoms with Crippen LogP contribution in [0.5, 0.6) is 0 Å². The molecule has 0 radical (unpaired) electrons. The van der Waals surface area contributed by atoms with Crippen molar-refractivity contribution >= 4 is 34.8 Å². The molecule has 176 valence electrons. The van der Waals surface area contributed by atoms with Crippen LogP contribution in [0.2, 0.25) is 5.02 Å². The van der Waals surface area contributed by atoms with Crippen molar-refractivity contribution in [2.45, 2.75) is 20.0 Å². The predicted molar refractivity (Wildman–Crippen MR) is 126 cm³/mol. The van der Waals surface area contributed by atoms with Gasteiger partial charge in [-0.05, 0) is 24.1 Å². The van der Waals surface area contributed by atoms with Crippen molar-refractivity contribution in [2.75, 3.05) is 38.1 Å². The number of ether oxygens (including phenoxy) is 1. The molecule has 33 heavy (non-hydrogen) atoms. The van der Waals surface area contributed by atoms with Crippen molar-refractivity contribution in [3.8, 4) is 0 Å². The van der Waals surface area contributed by atoms with Gasteiger partial charge in [0.1, 0.15) is 0 Å². The van der Waals surface area contributed by atoms with Gasteiger partial charge in [0.05, 0.1) is 39.5 Å². The summed E-state index contributed by atoms with van der Waals surface area (Å²) in [5.41, 5.74) is 0.450. The first kappa shape index (κ1) is 24.6. The third kappa shape index (κ3) is 6.74. The lowest BCUT2D eigenvalue weighted by atomic mass is 10.1. The summed E-state index contributed by atoms with van der Waals surface area (Å²) in [7, 11) is 0. The van der Waals surface area contributed by atoms with Crippen LogP contribution < -0.4 is 10.6 Å². The van der Waals surface area contributed by atoms with Crippen LogP contribution >= 0.6 is 11.6 Å². The van der Waals surface area contributed by atoms with Crippen molar-refractivity contribution in [1.29, 1.82) is 0 Å². The summed E-state index contributed by atoms with van der Waals surface area (Å²) in [6.07, 6.45) is -0.109. The minimum Gasteiger partial charge on any atom is -0.374 e. The van der Waals surface area contributed by atoms with Crippen LogP contribution in [-0.2, 0) is 4.74 Å². The van der Waals surface area contributed by atoms with Crippen LogP contribution in [0.3, 0.4) is 0 Å². The summed E-state index contributed by atoms with van der Waals surface area (Å²) < 4.78 is 5.78. The van der Waals surface area contributed by atoms with E-state index in [1.165, 1.54) is 12.1 Å². The Morgan fingerprint density at radius 3 is 2.67 bits per heavy atom. The Labute approximate surface area is 197 Å². The largest absolute Gasteiger partial charge is 0.374 e. The molecule has 2 aromatic rings. The molecule has 2 N–H and O–H groups in total. The van der Waals surface area contributed by atoms with Crippen molar-refractivity contribution in [3.05, 3.63) is 68.7 Å². The van der Waals surface area contributed by atoms with E-state index in [2.05, 4.69) is 29.4 Å². The third-order valence-electron chi connectivity index (χ3n) is 5.16. The van der Waals surface area contributed by atoms with E-state index in [9.17, 15) is 19.7 Å². The average Bonchev–Trinajstić information content (AvgIpc) is 2.77. The lowest BCUT2D eigenvalue weighted by molar-refractivity contribution is -0.384. The molecular weight excluding hydrogens is 448 g/mol. The number of morpholine rings is 1. The molecule has 1 aliphatic heterocycles. The zero-order chi connectivity index (χ0) is 24.0. The molecule has 1 unspecified atom stereocenters. The number of rotatable bonds is 8. The van der Waals surface area contributed by atoms with Gasteiger partial charge in [0.25, 0.3) is 17.5 Å². The number of nitro benzene ring substituents is 1. The number of non-ortho nitro benzene ring substituents is 1. The Hall–Kier alpha value is -3.01. The number of para-hydroxylation sites is 1. The lowest BCUT2D eigenvalue weighted by Crippen LogP contribution is -2.48. The second-order valence-corrected chi connectivity index (χ2v) is 8.68. The van der Waals surface area contributed by atoms with Gasteiger partial charge in [-0.1, -0.05) is 37.6 Å². The SMILES string of the molecule is CC(C)CN1CCOC(CNC(=O)c2ccccc2NC(=O)c2ccc([N+](=O)[O-])cc2Cl)C1. The predicted octanol–water partition coefficient (Wildman–Crippen LogP) is 3.59. The van der Waals surface area contributed by atoms with E-state index in [0.717, 1.165) is 25.7 Å². The summed E-state index contributed by atoms with van der Waals surface area (Å²) in [6.45, 7) is 7.91. The Balaban J connectivity index is 1.64. The zero-order valence-electron chi connectivity index (χ0n) is 18.5. The molecule has 1 fully saturated rings. The highest BCUT2D eigenvalue weighted by Crippen LogP contribution is 2.24. The fraction of sp³-hybridized carbons (Fsp3) is 0.391. The van der Waals surface area contributed by atoms with Gasteiger partial charge >= 0.3 is 0 Å². The summed E-state index contributed by atoms with van der Waals surface area (Å²) in [5.74, 6) is -0.363. The Kier molecular flexibility index (Phi) is 8.37. The summed E-state index contributed by atoms with van der Waals surface area (Å²) in [5, 5.41) is 16.4. The Morgan fingerprint density at radius 2 is 1.97 bits per heavy atom. The molecule has 10 heteroatoms. The first-order chi connectivity index (χ1) is 15.7. The number of nitro groups is 1. The van der Waals surface area contributed by atoms with Crippen LogP contribution in [0.25, 0.3) is 0 Å². The van der Waals surface area contributed by atoms with E-state index in [4.69, 9.17) is 16.3 Å². The average molecular weight is 475 g/mol. The number of amides is 2. The number of nitrogens with zero attached hydrogens (tertiary/aromatic N) is 2. The molecule has 1 saturated heterocycles. The second kappa shape index (κ2) is 11.2. The molecule has 1 heterocycles. The molecule has 1 atom stereocenters. The number of anilines is 1. The topological polar surface area (TPSA) is 114 Å². The monoisotopic (exact) mass is 474 g/mol. The standard InChI is InChI=1S/C23H27ClN4O5/c1-15(2)13-27-9-10-33-17(14-27)12-25-22(29)19-5-3-4-6-21(19)26-23(30)18-8-7-16(28(31)32)11-20(18)24/h3-8,11,15,17H,9-10,12-14H2,1-2H3,(H,25,29)(H,26,30). The van der Waals surface area contributed by atoms with Crippen LogP contribution in [0.4, 0.5) is 11.4 Å². The van der Waals surface area contributed by atoms with E-state index in [0.29, 0.717) is 30.3 Å². The molecule has 2 amide bonds. The highest BCUT2D eigenvalue weighted by atomic mass is 35.5. The van der Waals surface area contributed by atoms with Crippen molar-refractivity contribution in [1.82, 2.24) is 10.2 Å². The Morgan fingerprint density at radius 1 is 1.21 bits per heavy atom. The number of nitrogens with one attached hydrogen (secondary N) is 2. The normalized spacial score (nSPS) is 16.4. The molecule has 1 aliphatic rings. The number of carbonyl (C=O) groups is 2. The van der Waals surface area contributed by atoms with Gasteiger partial charge in [0.15, 0.2) is 0 Å². The van der Waals surface area contributed by atoms with Gasteiger partial charge < -0.3 is 15.4 Å². The minimum atomic E-state index is -0.592. The minimum absolute atomic E-state index is 0.0518. The molecule has 0 bridgehead atoms.